The van der Waals surface area contributed by atoms with Crippen LogP contribution in [0.2, 0.25) is 0 Å². The van der Waals surface area contributed by atoms with Gasteiger partial charge in [0.2, 0.25) is 11.5 Å². The lowest BCUT2D eigenvalue weighted by atomic mass is 9.96. The van der Waals surface area contributed by atoms with E-state index in [1.54, 1.807) is 0 Å². The van der Waals surface area contributed by atoms with E-state index in [0.717, 1.165) is 16.8 Å². The van der Waals surface area contributed by atoms with Crippen LogP contribution in [0.1, 0.15) is 29.0 Å². The van der Waals surface area contributed by atoms with Crippen LogP contribution in [0.3, 0.4) is 0 Å². The minimum Gasteiger partial charge on any atom is -0.374 e. The van der Waals surface area contributed by atoms with Crippen molar-refractivity contribution in [2.45, 2.75) is 24.6 Å². The van der Waals surface area contributed by atoms with Crippen molar-refractivity contribution >= 4 is 11.8 Å². The number of carbonyl (C=O) groups excluding carboxylic acids is 2. The van der Waals surface area contributed by atoms with Gasteiger partial charge in [-0.05, 0) is 18.6 Å². The molecule has 1 fully saturated rings. The Hall–Kier alpha value is -2.95. The second-order valence-electron chi connectivity index (χ2n) is 7.40. The summed E-state index contributed by atoms with van der Waals surface area (Å²) in [6.07, 6.45) is -3.70. The summed E-state index contributed by atoms with van der Waals surface area (Å²) in [5, 5.41) is 10.4. The quantitative estimate of drug-likeness (QED) is 0.736. The van der Waals surface area contributed by atoms with Crippen LogP contribution in [0.5, 0.6) is 0 Å². The normalized spacial score (nSPS) is 17.2. The van der Waals surface area contributed by atoms with Gasteiger partial charge in [0.25, 0.3) is 5.91 Å². The Labute approximate surface area is 175 Å². The third kappa shape index (κ3) is 4.55. The molecule has 1 unspecified atom stereocenters. The number of benzene rings is 1. The van der Waals surface area contributed by atoms with Crippen molar-refractivity contribution in [1.82, 2.24) is 19.4 Å². The van der Waals surface area contributed by atoms with Gasteiger partial charge in [-0.1, -0.05) is 12.1 Å². The minimum absolute atomic E-state index is 0.0335. The van der Waals surface area contributed by atoms with Crippen LogP contribution in [0, 0.1) is 5.82 Å². The first kappa shape index (κ1) is 22.7. The van der Waals surface area contributed by atoms with Crippen LogP contribution in [-0.2, 0) is 17.4 Å². The standard InChI is InChI=1S/C20H22F4N4O3/c1-26-10-7-25-18(26)19(31,20(22,23)24)13-16(29)27-8-4-9-28(12-11-27)17(30)14-5-2-3-6-15(14)21/h2-3,5-7,10,31H,4,8-9,11-13H2,1H3. The Bertz CT molecular complexity index is 962. The number of amides is 2. The summed E-state index contributed by atoms with van der Waals surface area (Å²) >= 11 is 0. The number of aliphatic hydroxyl groups is 1. The summed E-state index contributed by atoms with van der Waals surface area (Å²) in [7, 11) is 1.29. The Morgan fingerprint density at radius 1 is 1.10 bits per heavy atom. The van der Waals surface area contributed by atoms with Gasteiger partial charge >= 0.3 is 6.18 Å². The minimum atomic E-state index is -5.12. The number of alkyl halides is 3. The number of halogens is 4. The van der Waals surface area contributed by atoms with Crippen molar-refractivity contribution in [3.8, 4) is 0 Å². The molecule has 0 bridgehead atoms. The molecule has 3 rings (SSSR count). The molecule has 2 amide bonds. The van der Waals surface area contributed by atoms with Gasteiger partial charge in [0.15, 0.2) is 5.82 Å². The zero-order valence-corrected chi connectivity index (χ0v) is 16.8. The number of nitrogens with zero attached hydrogens (tertiary/aromatic N) is 4. The van der Waals surface area contributed by atoms with Gasteiger partial charge in [-0.3, -0.25) is 9.59 Å². The van der Waals surface area contributed by atoms with Crippen molar-refractivity contribution in [3.05, 3.63) is 53.9 Å². The molecular weight excluding hydrogens is 420 g/mol. The summed E-state index contributed by atoms with van der Waals surface area (Å²) < 4.78 is 56.0. The lowest BCUT2D eigenvalue weighted by molar-refractivity contribution is -0.272. The average Bonchev–Trinajstić information content (AvgIpc) is 2.98. The van der Waals surface area contributed by atoms with Crippen LogP contribution in [0.25, 0.3) is 0 Å². The predicted molar refractivity (Wildman–Crippen MR) is 101 cm³/mol. The highest BCUT2D eigenvalue weighted by molar-refractivity contribution is 5.94. The number of aromatic nitrogens is 2. The lowest BCUT2D eigenvalue weighted by Gasteiger charge is -2.31. The molecule has 7 nitrogen and oxygen atoms in total. The molecule has 0 aliphatic carbocycles. The van der Waals surface area contributed by atoms with E-state index in [0.29, 0.717) is 6.42 Å². The largest absolute Gasteiger partial charge is 0.425 e. The first-order chi connectivity index (χ1) is 14.5. The molecule has 1 saturated heterocycles. The van der Waals surface area contributed by atoms with Crippen LogP contribution in [0.4, 0.5) is 17.6 Å². The highest BCUT2D eigenvalue weighted by Crippen LogP contribution is 2.41. The molecule has 168 valence electrons. The molecule has 2 aromatic rings. The van der Waals surface area contributed by atoms with Gasteiger partial charge in [-0.15, -0.1) is 0 Å². The number of rotatable bonds is 4. The van der Waals surface area contributed by atoms with Crippen LogP contribution < -0.4 is 0 Å². The monoisotopic (exact) mass is 442 g/mol. The Balaban J connectivity index is 1.72. The van der Waals surface area contributed by atoms with Gasteiger partial charge in [-0.25, -0.2) is 9.37 Å². The van der Waals surface area contributed by atoms with Crippen molar-refractivity contribution in [2.24, 2.45) is 7.05 Å². The Morgan fingerprint density at radius 2 is 1.74 bits per heavy atom. The number of imidazole rings is 1. The molecular formula is C20H22F4N4O3. The second kappa shape index (κ2) is 8.66. The number of hydrogen-bond donors (Lipinski definition) is 1. The lowest BCUT2D eigenvalue weighted by Crippen LogP contribution is -2.49. The van der Waals surface area contributed by atoms with E-state index in [9.17, 15) is 32.3 Å². The number of hydrogen-bond acceptors (Lipinski definition) is 4. The van der Waals surface area contributed by atoms with Crippen LogP contribution in [0.15, 0.2) is 36.7 Å². The van der Waals surface area contributed by atoms with E-state index in [1.807, 2.05) is 0 Å². The smallest absolute Gasteiger partial charge is 0.374 e. The third-order valence-electron chi connectivity index (χ3n) is 5.31. The molecule has 31 heavy (non-hydrogen) atoms. The molecule has 1 atom stereocenters. The van der Waals surface area contributed by atoms with Gasteiger partial charge in [-0.2, -0.15) is 13.2 Å². The van der Waals surface area contributed by atoms with Gasteiger partial charge in [0.1, 0.15) is 5.82 Å². The highest BCUT2D eigenvalue weighted by atomic mass is 19.4. The fraction of sp³-hybridized carbons (Fsp3) is 0.450. The molecule has 1 aromatic heterocycles. The maximum Gasteiger partial charge on any atom is 0.425 e. The zero-order valence-electron chi connectivity index (χ0n) is 16.8. The maximum atomic E-state index is 13.9. The maximum absolute atomic E-state index is 13.9. The molecule has 1 aliphatic rings. The summed E-state index contributed by atoms with van der Waals surface area (Å²) in [6, 6.07) is 5.50. The van der Waals surface area contributed by atoms with E-state index < -0.39 is 41.7 Å². The summed E-state index contributed by atoms with van der Waals surface area (Å²) in [6.45, 7) is 0.327. The van der Waals surface area contributed by atoms with Crippen molar-refractivity contribution < 1.29 is 32.3 Å². The SMILES string of the molecule is Cn1ccnc1C(O)(CC(=O)N1CCCN(C(=O)c2ccccc2F)CC1)C(F)(F)F. The van der Waals surface area contributed by atoms with Crippen molar-refractivity contribution in [3.63, 3.8) is 0 Å². The van der Waals surface area contributed by atoms with Crippen LogP contribution in [-0.4, -0.2) is 68.6 Å². The number of carbonyl (C=O) groups is 2. The van der Waals surface area contributed by atoms with Gasteiger partial charge in [0, 0.05) is 45.6 Å². The van der Waals surface area contributed by atoms with Crippen molar-refractivity contribution in [1.29, 1.82) is 0 Å². The topological polar surface area (TPSA) is 78.7 Å². The van der Waals surface area contributed by atoms with E-state index in [1.165, 1.54) is 41.2 Å². The molecule has 1 aliphatic heterocycles. The van der Waals surface area contributed by atoms with E-state index >= 15 is 0 Å². The molecule has 11 heteroatoms. The van der Waals surface area contributed by atoms with Gasteiger partial charge in [0.05, 0.1) is 12.0 Å². The second-order valence-corrected chi connectivity index (χ2v) is 7.40. The summed E-state index contributed by atoms with van der Waals surface area (Å²) in [5.74, 6) is -2.82. The predicted octanol–water partition coefficient (Wildman–Crippen LogP) is 2.07. The Morgan fingerprint density at radius 3 is 2.35 bits per heavy atom. The fourth-order valence-corrected chi connectivity index (χ4v) is 3.58. The fourth-order valence-electron chi connectivity index (χ4n) is 3.58. The third-order valence-corrected chi connectivity index (χ3v) is 5.31. The van der Waals surface area contributed by atoms with E-state index in [4.69, 9.17) is 0 Å². The van der Waals surface area contributed by atoms with Crippen molar-refractivity contribution in [2.75, 3.05) is 26.2 Å². The molecule has 0 spiro atoms. The molecule has 1 N–H and O–H groups in total. The first-order valence-corrected chi connectivity index (χ1v) is 9.63. The van der Waals surface area contributed by atoms with E-state index in [-0.39, 0.29) is 31.7 Å². The van der Waals surface area contributed by atoms with Crippen LogP contribution >= 0.6 is 0 Å². The average molecular weight is 442 g/mol. The zero-order chi connectivity index (χ0) is 22.8. The molecule has 0 radical (unpaired) electrons. The highest BCUT2D eigenvalue weighted by Gasteiger charge is 2.59. The summed E-state index contributed by atoms with van der Waals surface area (Å²) in [4.78, 5) is 31.4. The molecule has 1 aromatic carbocycles. The Kier molecular flexibility index (Phi) is 6.35. The van der Waals surface area contributed by atoms with Gasteiger partial charge < -0.3 is 19.5 Å². The number of aryl methyl sites for hydroxylation is 1. The first-order valence-electron chi connectivity index (χ1n) is 9.63. The summed E-state index contributed by atoms with van der Waals surface area (Å²) in [5.41, 5.74) is -3.55. The van der Waals surface area contributed by atoms with E-state index in [2.05, 4.69) is 4.98 Å². The molecule has 2 heterocycles. The molecule has 0 saturated carbocycles.